The predicted molar refractivity (Wildman–Crippen MR) is 92.1 cm³/mol. The van der Waals surface area contributed by atoms with Crippen molar-refractivity contribution in [2.24, 2.45) is 0 Å². The molecule has 24 heavy (non-hydrogen) atoms. The summed E-state index contributed by atoms with van der Waals surface area (Å²) in [6.07, 6.45) is 1.71. The summed E-state index contributed by atoms with van der Waals surface area (Å²) in [4.78, 5) is 11.9. The van der Waals surface area contributed by atoms with Gasteiger partial charge in [-0.3, -0.25) is 4.79 Å². The average molecular weight is 331 g/mol. The summed E-state index contributed by atoms with van der Waals surface area (Å²) in [6.45, 7) is 8.04. The normalized spacial score (nSPS) is 13.4. The number of furan rings is 1. The number of ether oxygens (including phenoxy) is 1. The Morgan fingerprint density at radius 2 is 2.08 bits per heavy atom. The first kappa shape index (κ1) is 18.1. The topological polar surface area (TPSA) is 71.7 Å². The van der Waals surface area contributed by atoms with Gasteiger partial charge in [0.25, 0.3) is 0 Å². The smallest absolute Gasteiger partial charge is 0.223 e. The molecule has 1 amide bonds. The van der Waals surface area contributed by atoms with Crippen molar-refractivity contribution < 1.29 is 19.1 Å². The molecule has 5 heteroatoms. The summed E-state index contributed by atoms with van der Waals surface area (Å²) in [7, 11) is 0. The highest BCUT2D eigenvalue weighted by Crippen LogP contribution is 2.23. The fourth-order valence-electron chi connectivity index (χ4n) is 2.44. The highest BCUT2D eigenvalue weighted by Gasteiger charge is 2.26. The number of nitrogens with one attached hydrogen (secondary N) is 1. The van der Waals surface area contributed by atoms with E-state index in [-0.39, 0.29) is 18.9 Å². The Labute approximate surface area is 142 Å². The zero-order valence-electron chi connectivity index (χ0n) is 14.7. The fourth-order valence-corrected chi connectivity index (χ4v) is 2.44. The molecule has 130 valence electrons. The van der Waals surface area contributed by atoms with Crippen LogP contribution in [0.2, 0.25) is 0 Å². The Balaban J connectivity index is 1.80. The van der Waals surface area contributed by atoms with Crippen LogP contribution in [0.25, 0.3) is 0 Å². The molecule has 1 unspecified atom stereocenters. The van der Waals surface area contributed by atoms with E-state index in [1.807, 2.05) is 26.8 Å². The number of hydrogen-bond donors (Lipinski definition) is 2. The van der Waals surface area contributed by atoms with Crippen LogP contribution < -0.4 is 10.1 Å². The van der Waals surface area contributed by atoms with Gasteiger partial charge >= 0.3 is 0 Å². The molecule has 0 aliphatic rings. The maximum Gasteiger partial charge on any atom is 0.223 e. The summed E-state index contributed by atoms with van der Waals surface area (Å²) in [5, 5.41) is 13.0. The van der Waals surface area contributed by atoms with E-state index in [2.05, 4.69) is 11.4 Å². The van der Waals surface area contributed by atoms with Gasteiger partial charge in [-0.25, -0.2) is 0 Å². The lowest BCUT2D eigenvalue weighted by atomic mass is 10.0. The van der Waals surface area contributed by atoms with Crippen molar-refractivity contribution in [3.05, 3.63) is 53.0 Å². The van der Waals surface area contributed by atoms with E-state index in [0.29, 0.717) is 12.4 Å². The zero-order chi connectivity index (χ0) is 17.7. The molecular weight excluding hydrogens is 306 g/mol. The van der Waals surface area contributed by atoms with Crippen LogP contribution in [-0.4, -0.2) is 24.2 Å². The van der Waals surface area contributed by atoms with E-state index in [4.69, 9.17) is 9.15 Å². The molecule has 0 spiro atoms. The van der Waals surface area contributed by atoms with E-state index in [1.54, 1.807) is 19.1 Å². The number of carbonyl (C=O) groups is 1. The number of amides is 1. The quantitative estimate of drug-likeness (QED) is 0.818. The summed E-state index contributed by atoms with van der Waals surface area (Å²) < 4.78 is 10.9. The largest absolute Gasteiger partial charge is 0.493 e. The second-order valence-electron chi connectivity index (χ2n) is 6.33. The first-order valence-corrected chi connectivity index (χ1v) is 8.03. The second kappa shape index (κ2) is 7.53. The highest BCUT2D eigenvalue weighted by atomic mass is 16.5. The molecule has 0 fully saturated rings. The van der Waals surface area contributed by atoms with Crippen LogP contribution in [0.15, 0.2) is 34.9 Å². The monoisotopic (exact) mass is 331 g/mol. The Hall–Kier alpha value is -2.27. The van der Waals surface area contributed by atoms with E-state index < -0.39 is 5.60 Å². The molecule has 1 aromatic carbocycles. The number of aryl methyl sites for hydroxylation is 2. The Morgan fingerprint density at radius 3 is 2.75 bits per heavy atom. The van der Waals surface area contributed by atoms with Gasteiger partial charge in [-0.2, -0.15) is 0 Å². The average Bonchev–Trinajstić information content (AvgIpc) is 3.05. The number of rotatable bonds is 7. The van der Waals surface area contributed by atoms with Gasteiger partial charge in [0.2, 0.25) is 5.91 Å². The summed E-state index contributed by atoms with van der Waals surface area (Å²) in [5.41, 5.74) is 2.15. The van der Waals surface area contributed by atoms with Crippen molar-refractivity contribution in [2.75, 3.05) is 13.2 Å². The van der Waals surface area contributed by atoms with Crippen LogP contribution in [0.4, 0.5) is 0 Å². The molecule has 1 aromatic heterocycles. The van der Waals surface area contributed by atoms with Gasteiger partial charge in [0.1, 0.15) is 17.1 Å². The number of hydrogen-bond acceptors (Lipinski definition) is 4. The SMILES string of the molecule is Cc1cc(C)c(C)c(OCCC(=O)NCC(C)(O)c2ccco2)c1. The lowest BCUT2D eigenvalue weighted by Gasteiger charge is -2.21. The minimum absolute atomic E-state index is 0.0852. The molecule has 0 saturated carbocycles. The van der Waals surface area contributed by atoms with E-state index >= 15 is 0 Å². The van der Waals surface area contributed by atoms with Gasteiger partial charge in [-0.1, -0.05) is 6.07 Å². The van der Waals surface area contributed by atoms with E-state index in [0.717, 1.165) is 16.9 Å². The molecule has 0 aliphatic heterocycles. The van der Waals surface area contributed by atoms with Crippen LogP contribution in [0.1, 0.15) is 35.8 Å². The lowest BCUT2D eigenvalue weighted by molar-refractivity contribution is -0.122. The van der Waals surface area contributed by atoms with Crippen molar-refractivity contribution in [1.82, 2.24) is 5.32 Å². The van der Waals surface area contributed by atoms with Gasteiger partial charge in [-0.15, -0.1) is 0 Å². The number of carbonyl (C=O) groups excluding carboxylic acids is 1. The standard InChI is InChI=1S/C19H25NO4/c1-13-10-14(2)15(3)16(11-13)23-9-7-18(21)20-12-19(4,22)17-6-5-8-24-17/h5-6,8,10-11,22H,7,9,12H2,1-4H3,(H,20,21). The summed E-state index contributed by atoms with van der Waals surface area (Å²) in [5.74, 6) is 1.05. The third kappa shape index (κ3) is 4.61. The Morgan fingerprint density at radius 1 is 1.33 bits per heavy atom. The number of aliphatic hydroxyl groups is 1. The van der Waals surface area contributed by atoms with Crippen LogP contribution in [0.3, 0.4) is 0 Å². The maximum absolute atomic E-state index is 11.9. The van der Waals surface area contributed by atoms with Crippen LogP contribution in [-0.2, 0) is 10.4 Å². The van der Waals surface area contributed by atoms with Gasteiger partial charge in [-0.05, 0) is 62.6 Å². The van der Waals surface area contributed by atoms with Gasteiger partial charge < -0.3 is 19.6 Å². The van der Waals surface area contributed by atoms with Gasteiger partial charge in [0.15, 0.2) is 0 Å². The Kier molecular flexibility index (Phi) is 5.67. The van der Waals surface area contributed by atoms with Gasteiger partial charge in [0, 0.05) is 0 Å². The first-order valence-electron chi connectivity index (χ1n) is 8.03. The first-order chi connectivity index (χ1) is 11.3. The second-order valence-corrected chi connectivity index (χ2v) is 6.33. The predicted octanol–water partition coefficient (Wildman–Crippen LogP) is 3.00. The third-order valence-corrected chi connectivity index (χ3v) is 4.03. The highest BCUT2D eigenvalue weighted by molar-refractivity contribution is 5.76. The summed E-state index contributed by atoms with van der Waals surface area (Å²) in [6, 6.07) is 7.46. The maximum atomic E-state index is 11.9. The van der Waals surface area contributed by atoms with Crippen molar-refractivity contribution in [1.29, 1.82) is 0 Å². The minimum Gasteiger partial charge on any atom is -0.493 e. The Bertz CT molecular complexity index is 690. The molecule has 1 atom stereocenters. The molecule has 2 rings (SSSR count). The molecule has 2 N–H and O–H groups in total. The van der Waals surface area contributed by atoms with E-state index in [9.17, 15) is 9.90 Å². The number of benzene rings is 1. The third-order valence-electron chi connectivity index (χ3n) is 4.03. The van der Waals surface area contributed by atoms with Crippen molar-refractivity contribution in [3.63, 3.8) is 0 Å². The zero-order valence-corrected chi connectivity index (χ0v) is 14.7. The summed E-state index contributed by atoms with van der Waals surface area (Å²) >= 11 is 0. The van der Waals surface area contributed by atoms with Crippen molar-refractivity contribution >= 4 is 5.91 Å². The molecule has 1 heterocycles. The van der Waals surface area contributed by atoms with Crippen LogP contribution in [0, 0.1) is 20.8 Å². The van der Waals surface area contributed by atoms with Gasteiger partial charge in [0.05, 0.1) is 25.8 Å². The molecule has 0 aliphatic carbocycles. The fraction of sp³-hybridized carbons (Fsp3) is 0.421. The van der Waals surface area contributed by atoms with Crippen LogP contribution >= 0.6 is 0 Å². The molecule has 2 aromatic rings. The molecule has 0 saturated heterocycles. The minimum atomic E-state index is -1.23. The molecule has 5 nitrogen and oxygen atoms in total. The van der Waals surface area contributed by atoms with Crippen molar-refractivity contribution in [2.45, 2.75) is 39.7 Å². The lowest BCUT2D eigenvalue weighted by Crippen LogP contribution is -2.38. The van der Waals surface area contributed by atoms with Crippen molar-refractivity contribution in [3.8, 4) is 5.75 Å². The molecule has 0 bridgehead atoms. The molecule has 0 radical (unpaired) electrons. The van der Waals surface area contributed by atoms with Crippen LogP contribution in [0.5, 0.6) is 5.75 Å². The van der Waals surface area contributed by atoms with E-state index in [1.165, 1.54) is 11.8 Å². The molecular formula is C19H25NO4.